The molecule has 64 valence electrons. The highest BCUT2D eigenvalue weighted by Gasteiger charge is 2.21. The van der Waals surface area contributed by atoms with Crippen LogP contribution in [0.4, 0.5) is 0 Å². The van der Waals surface area contributed by atoms with Crippen LogP contribution in [-0.2, 0) is 0 Å². The van der Waals surface area contributed by atoms with Crippen LogP contribution >= 0.6 is 0 Å². The predicted octanol–water partition coefficient (Wildman–Crippen LogP) is 2.53. The molecule has 0 fully saturated rings. The molecular weight excluding hydrogens is 136 g/mol. The number of allylic oxidation sites excluding steroid dienone is 1. The molecule has 0 rings (SSSR count). The molecule has 0 aromatic rings. The zero-order valence-electron chi connectivity index (χ0n) is 7.89. The van der Waals surface area contributed by atoms with Crippen molar-refractivity contribution in [3.8, 4) is 0 Å². The van der Waals surface area contributed by atoms with Gasteiger partial charge < -0.3 is 5.11 Å². The summed E-state index contributed by atoms with van der Waals surface area (Å²) in [6.45, 7) is 11.3. The standard InChI is InChI=1S/C10H18O/c1-6-9(7-8(2)3)10(4,5)11/h6-7,9,11H,1H2,2-5H3/t9-/m1/s1. The second-order valence-corrected chi connectivity index (χ2v) is 3.66. The van der Waals surface area contributed by atoms with Crippen molar-refractivity contribution in [2.75, 3.05) is 0 Å². The zero-order valence-corrected chi connectivity index (χ0v) is 7.89. The van der Waals surface area contributed by atoms with Crippen LogP contribution in [0.25, 0.3) is 0 Å². The van der Waals surface area contributed by atoms with Crippen LogP contribution in [0.3, 0.4) is 0 Å². The largest absolute Gasteiger partial charge is 0.390 e. The molecule has 0 aliphatic rings. The Kier molecular flexibility index (Phi) is 3.53. The first-order chi connectivity index (χ1) is 4.88. The van der Waals surface area contributed by atoms with Gasteiger partial charge in [0.05, 0.1) is 5.60 Å². The minimum atomic E-state index is -0.695. The molecule has 0 bridgehead atoms. The second kappa shape index (κ2) is 3.72. The van der Waals surface area contributed by atoms with Crippen LogP contribution in [-0.4, -0.2) is 10.7 Å². The summed E-state index contributed by atoms with van der Waals surface area (Å²) in [6.07, 6.45) is 3.79. The summed E-state index contributed by atoms with van der Waals surface area (Å²) in [4.78, 5) is 0. The molecule has 0 aromatic carbocycles. The van der Waals surface area contributed by atoms with E-state index >= 15 is 0 Å². The maximum atomic E-state index is 9.61. The van der Waals surface area contributed by atoms with E-state index in [2.05, 4.69) is 6.58 Å². The lowest BCUT2D eigenvalue weighted by Gasteiger charge is -2.23. The Morgan fingerprint density at radius 2 is 1.91 bits per heavy atom. The Hall–Kier alpha value is -0.560. The summed E-state index contributed by atoms with van der Waals surface area (Å²) in [5.74, 6) is 0.0486. The number of hydrogen-bond donors (Lipinski definition) is 1. The Morgan fingerprint density at radius 3 is 2.00 bits per heavy atom. The van der Waals surface area contributed by atoms with Gasteiger partial charge in [0, 0.05) is 5.92 Å². The third-order valence-corrected chi connectivity index (χ3v) is 1.58. The fourth-order valence-electron chi connectivity index (χ4n) is 0.919. The van der Waals surface area contributed by atoms with Crippen molar-refractivity contribution in [2.45, 2.75) is 33.3 Å². The minimum Gasteiger partial charge on any atom is -0.390 e. The maximum absolute atomic E-state index is 9.61. The molecule has 0 amide bonds. The van der Waals surface area contributed by atoms with Crippen LogP contribution in [0.5, 0.6) is 0 Å². The average Bonchev–Trinajstić information content (AvgIpc) is 1.79. The van der Waals surface area contributed by atoms with Gasteiger partial charge in [0.2, 0.25) is 0 Å². The van der Waals surface area contributed by atoms with E-state index in [1.165, 1.54) is 5.57 Å². The smallest absolute Gasteiger partial charge is 0.0688 e. The lowest BCUT2D eigenvalue weighted by Crippen LogP contribution is -2.27. The van der Waals surface area contributed by atoms with Gasteiger partial charge in [-0.15, -0.1) is 6.58 Å². The molecule has 11 heavy (non-hydrogen) atoms. The second-order valence-electron chi connectivity index (χ2n) is 3.66. The Balaban J connectivity index is 4.43. The summed E-state index contributed by atoms with van der Waals surface area (Å²) in [6, 6.07) is 0. The third kappa shape index (κ3) is 3.99. The Labute approximate surface area is 69.4 Å². The van der Waals surface area contributed by atoms with E-state index in [9.17, 15) is 5.11 Å². The van der Waals surface area contributed by atoms with E-state index in [0.717, 1.165) is 0 Å². The van der Waals surface area contributed by atoms with Crippen molar-refractivity contribution in [2.24, 2.45) is 5.92 Å². The maximum Gasteiger partial charge on any atom is 0.0688 e. The van der Waals surface area contributed by atoms with Crippen LogP contribution in [0.2, 0.25) is 0 Å². The zero-order chi connectivity index (χ0) is 9.07. The molecule has 0 radical (unpaired) electrons. The predicted molar refractivity (Wildman–Crippen MR) is 49.4 cm³/mol. The Morgan fingerprint density at radius 1 is 1.45 bits per heavy atom. The van der Waals surface area contributed by atoms with Crippen LogP contribution in [0.15, 0.2) is 24.3 Å². The first kappa shape index (κ1) is 10.4. The van der Waals surface area contributed by atoms with Crippen LogP contribution in [0, 0.1) is 5.92 Å². The summed E-state index contributed by atoms with van der Waals surface area (Å²) < 4.78 is 0. The summed E-state index contributed by atoms with van der Waals surface area (Å²) in [7, 11) is 0. The van der Waals surface area contributed by atoms with Gasteiger partial charge in [0.25, 0.3) is 0 Å². The first-order valence-electron chi connectivity index (χ1n) is 3.88. The van der Waals surface area contributed by atoms with Crippen molar-refractivity contribution >= 4 is 0 Å². The fraction of sp³-hybridized carbons (Fsp3) is 0.600. The van der Waals surface area contributed by atoms with Gasteiger partial charge in [0.1, 0.15) is 0 Å². The van der Waals surface area contributed by atoms with Gasteiger partial charge in [-0.05, 0) is 27.7 Å². The summed E-state index contributed by atoms with van der Waals surface area (Å²) in [5, 5.41) is 9.61. The van der Waals surface area contributed by atoms with E-state index in [1.807, 2.05) is 19.9 Å². The SMILES string of the molecule is C=C[C@H](C=C(C)C)C(C)(C)O. The number of hydrogen-bond acceptors (Lipinski definition) is 1. The molecule has 0 aromatic heterocycles. The van der Waals surface area contributed by atoms with E-state index in [4.69, 9.17) is 0 Å². The molecule has 0 saturated carbocycles. The molecule has 1 nitrogen and oxygen atoms in total. The van der Waals surface area contributed by atoms with Crippen molar-refractivity contribution < 1.29 is 5.11 Å². The molecule has 0 aliphatic heterocycles. The lowest BCUT2D eigenvalue weighted by atomic mass is 9.90. The molecule has 1 N–H and O–H groups in total. The van der Waals surface area contributed by atoms with E-state index in [1.54, 1.807) is 19.9 Å². The quantitative estimate of drug-likeness (QED) is 0.619. The molecule has 0 heterocycles. The number of rotatable bonds is 3. The molecule has 0 spiro atoms. The highest BCUT2D eigenvalue weighted by Crippen LogP contribution is 2.19. The number of aliphatic hydroxyl groups is 1. The third-order valence-electron chi connectivity index (χ3n) is 1.58. The fourth-order valence-corrected chi connectivity index (χ4v) is 0.919. The van der Waals surface area contributed by atoms with Gasteiger partial charge in [-0.3, -0.25) is 0 Å². The normalized spacial score (nSPS) is 13.9. The molecule has 1 heteroatoms. The van der Waals surface area contributed by atoms with Crippen molar-refractivity contribution in [3.05, 3.63) is 24.3 Å². The van der Waals surface area contributed by atoms with Crippen LogP contribution in [0.1, 0.15) is 27.7 Å². The molecule has 0 aliphatic carbocycles. The highest BCUT2D eigenvalue weighted by molar-refractivity contribution is 5.08. The van der Waals surface area contributed by atoms with Gasteiger partial charge in [0.15, 0.2) is 0 Å². The first-order valence-corrected chi connectivity index (χ1v) is 3.88. The minimum absolute atomic E-state index is 0.0486. The van der Waals surface area contributed by atoms with Gasteiger partial charge in [-0.2, -0.15) is 0 Å². The van der Waals surface area contributed by atoms with Gasteiger partial charge in [-0.1, -0.05) is 17.7 Å². The lowest BCUT2D eigenvalue weighted by molar-refractivity contribution is 0.0543. The molecule has 0 unspecified atom stereocenters. The van der Waals surface area contributed by atoms with Crippen molar-refractivity contribution in [1.82, 2.24) is 0 Å². The van der Waals surface area contributed by atoms with Crippen molar-refractivity contribution in [3.63, 3.8) is 0 Å². The van der Waals surface area contributed by atoms with Gasteiger partial charge in [-0.25, -0.2) is 0 Å². The van der Waals surface area contributed by atoms with E-state index < -0.39 is 5.60 Å². The van der Waals surface area contributed by atoms with Gasteiger partial charge >= 0.3 is 0 Å². The summed E-state index contributed by atoms with van der Waals surface area (Å²) in [5.41, 5.74) is 0.510. The van der Waals surface area contributed by atoms with E-state index in [0.29, 0.717) is 0 Å². The molecule has 0 saturated heterocycles. The monoisotopic (exact) mass is 154 g/mol. The molecule has 1 atom stereocenters. The Bertz CT molecular complexity index is 156. The van der Waals surface area contributed by atoms with E-state index in [-0.39, 0.29) is 5.92 Å². The topological polar surface area (TPSA) is 20.2 Å². The molecular formula is C10H18O. The summed E-state index contributed by atoms with van der Waals surface area (Å²) >= 11 is 0. The average molecular weight is 154 g/mol. The van der Waals surface area contributed by atoms with Crippen molar-refractivity contribution in [1.29, 1.82) is 0 Å². The van der Waals surface area contributed by atoms with Crippen LogP contribution < -0.4 is 0 Å². The highest BCUT2D eigenvalue weighted by atomic mass is 16.3.